The minimum atomic E-state index is -0.0125. The first-order valence-electron chi connectivity index (χ1n) is 9.21. The van der Waals surface area contributed by atoms with E-state index in [1.54, 1.807) is 0 Å². The Balaban J connectivity index is 1.78. The third-order valence-electron chi connectivity index (χ3n) is 5.59. The zero-order chi connectivity index (χ0) is 18.7. The van der Waals surface area contributed by atoms with Crippen LogP contribution in [0.4, 0.5) is 0 Å². The average molecular weight is 349 g/mol. The Morgan fingerprint density at radius 1 is 0.778 bits per heavy atom. The fraction of sp³-hybridized carbons (Fsp3) is 0.120. The molecule has 0 spiro atoms. The molecule has 27 heavy (non-hydrogen) atoms. The second kappa shape index (κ2) is 5.62. The summed E-state index contributed by atoms with van der Waals surface area (Å²) < 4.78 is 0. The Morgan fingerprint density at radius 2 is 1.41 bits per heavy atom. The maximum atomic E-state index is 13.2. The number of rotatable bonds is 2. The molecule has 130 valence electrons. The maximum absolute atomic E-state index is 13.2. The number of aryl methyl sites for hydroxylation is 2. The normalized spacial score (nSPS) is 11.7. The van der Waals surface area contributed by atoms with Crippen LogP contribution in [0.25, 0.3) is 33.0 Å². The molecule has 1 aromatic heterocycles. The number of pyridine rings is 1. The standard InChI is InChI=1S/C25H19NO/c1-14-10-12-18(13-11-14)25(27)24-15(2)21-19-8-4-6-17-7-5-9-20(23(17)19)22(21)16(3)26-24/h4-13H,1-3H3. The van der Waals surface area contributed by atoms with Gasteiger partial charge >= 0.3 is 0 Å². The summed E-state index contributed by atoms with van der Waals surface area (Å²) in [6.45, 7) is 6.06. The predicted octanol–water partition coefficient (Wildman–Crippen LogP) is 6.04. The van der Waals surface area contributed by atoms with Gasteiger partial charge in [-0.1, -0.05) is 66.2 Å². The quantitative estimate of drug-likeness (QED) is 0.364. The highest BCUT2D eigenvalue weighted by molar-refractivity contribution is 6.18. The van der Waals surface area contributed by atoms with Gasteiger partial charge in [-0.25, -0.2) is 4.98 Å². The zero-order valence-corrected chi connectivity index (χ0v) is 15.6. The first-order valence-corrected chi connectivity index (χ1v) is 9.21. The van der Waals surface area contributed by atoms with Crippen molar-refractivity contribution in [2.75, 3.05) is 0 Å². The van der Waals surface area contributed by atoms with Crippen molar-refractivity contribution in [3.63, 3.8) is 0 Å². The molecule has 0 unspecified atom stereocenters. The Bertz CT molecular complexity index is 1240. The van der Waals surface area contributed by atoms with Crippen molar-refractivity contribution in [2.24, 2.45) is 0 Å². The number of benzene rings is 3. The summed E-state index contributed by atoms with van der Waals surface area (Å²) in [5.41, 5.74) is 9.01. The summed E-state index contributed by atoms with van der Waals surface area (Å²) in [6, 6.07) is 20.5. The van der Waals surface area contributed by atoms with Gasteiger partial charge in [0.25, 0.3) is 0 Å². The van der Waals surface area contributed by atoms with E-state index in [0.29, 0.717) is 11.3 Å². The summed E-state index contributed by atoms with van der Waals surface area (Å²) in [4.78, 5) is 17.9. The first-order chi connectivity index (χ1) is 13.1. The lowest BCUT2D eigenvalue weighted by atomic mass is 9.94. The molecule has 1 aliphatic carbocycles. The van der Waals surface area contributed by atoms with Crippen LogP contribution in [0.1, 0.15) is 32.9 Å². The molecular formula is C25H19NO. The molecule has 0 bridgehead atoms. The molecule has 0 N–H and O–H groups in total. The Kier molecular flexibility index (Phi) is 3.32. The van der Waals surface area contributed by atoms with E-state index in [1.165, 1.54) is 27.5 Å². The molecule has 1 heterocycles. The molecule has 0 fully saturated rings. The van der Waals surface area contributed by atoms with E-state index in [1.807, 2.05) is 45.0 Å². The lowest BCUT2D eigenvalue weighted by Gasteiger charge is -2.14. The largest absolute Gasteiger partial charge is 0.287 e. The average Bonchev–Trinajstić information content (AvgIpc) is 3.02. The van der Waals surface area contributed by atoms with Crippen LogP contribution in [-0.2, 0) is 0 Å². The van der Waals surface area contributed by atoms with Gasteiger partial charge in [0.15, 0.2) is 0 Å². The smallest absolute Gasteiger partial charge is 0.211 e. The Labute approximate surface area is 158 Å². The van der Waals surface area contributed by atoms with E-state index in [9.17, 15) is 4.79 Å². The fourth-order valence-electron chi connectivity index (χ4n) is 4.28. The topological polar surface area (TPSA) is 30.0 Å². The van der Waals surface area contributed by atoms with Crippen molar-refractivity contribution >= 4 is 16.6 Å². The number of carbonyl (C=O) groups excluding carboxylic acids is 1. The summed E-state index contributed by atoms with van der Waals surface area (Å²) in [5.74, 6) is -0.0125. The second-order valence-electron chi connectivity index (χ2n) is 7.33. The molecule has 0 atom stereocenters. The molecule has 0 amide bonds. The van der Waals surface area contributed by atoms with E-state index >= 15 is 0 Å². The van der Waals surface area contributed by atoms with Gasteiger partial charge in [0.2, 0.25) is 5.78 Å². The van der Waals surface area contributed by atoms with Crippen LogP contribution in [0.5, 0.6) is 0 Å². The summed E-state index contributed by atoms with van der Waals surface area (Å²) in [5, 5.41) is 2.49. The lowest BCUT2D eigenvalue weighted by molar-refractivity contribution is 0.103. The van der Waals surface area contributed by atoms with Gasteiger partial charge in [0.05, 0.1) is 0 Å². The molecule has 0 saturated heterocycles. The van der Waals surface area contributed by atoms with Crippen LogP contribution in [0, 0.1) is 20.8 Å². The van der Waals surface area contributed by atoms with Crippen LogP contribution >= 0.6 is 0 Å². The Hall–Kier alpha value is -3.26. The van der Waals surface area contributed by atoms with Crippen molar-refractivity contribution < 1.29 is 4.79 Å². The van der Waals surface area contributed by atoms with Gasteiger partial charge < -0.3 is 0 Å². The molecule has 2 nitrogen and oxygen atoms in total. The fourth-order valence-corrected chi connectivity index (χ4v) is 4.28. The molecule has 5 rings (SSSR count). The number of hydrogen-bond acceptors (Lipinski definition) is 2. The predicted molar refractivity (Wildman–Crippen MR) is 110 cm³/mol. The van der Waals surface area contributed by atoms with Crippen molar-refractivity contribution in [1.82, 2.24) is 4.98 Å². The van der Waals surface area contributed by atoms with Gasteiger partial charge in [-0.3, -0.25) is 4.79 Å². The van der Waals surface area contributed by atoms with Gasteiger partial charge in [-0.2, -0.15) is 0 Å². The highest BCUT2D eigenvalue weighted by Gasteiger charge is 2.28. The highest BCUT2D eigenvalue weighted by atomic mass is 16.1. The van der Waals surface area contributed by atoms with E-state index < -0.39 is 0 Å². The third-order valence-corrected chi connectivity index (χ3v) is 5.59. The number of aromatic nitrogens is 1. The van der Waals surface area contributed by atoms with Crippen molar-refractivity contribution in [2.45, 2.75) is 20.8 Å². The molecule has 0 saturated carbocycles. The zero-order valence-electron chi connectivity index (χ0n) is 15.6. The van der Waals surface area contributed by atoms with Gasteiger partial charge in [0.1, 0.15) is 5.69 Å². The maximum Gasteiger partial charge on any atom is 0.211 e. The van der Waals surface area contributed by atoms with Crippen molar-refractivity contribution in [3.05, 3.63) is 88.7 Å². The van der Waals surface area contributed by atoms with Gasteiger partial charge in [0, 0.05) is 16.8 Å². The van der Waals surface area contributed by atoms with E-state index in [2.05, 4.69) is 36.4 Å². The van der Waals surface area contributed by atoms with E-state index in [-0.39, 0.29) is 5.78 Å². The number of hydrogen-bond donors (Lipinski definition) is 0. The van der Waals surface area contributed by atoms with Crippen LogP contribution in [0.15, 0.2) is 60.7 Å². The number of nitrogens with zero attached hydrogens (tertiary/aromatic N) is 1. The van der Waals surface area contributed by atoms with E-state index in [4.69, 9.17) is 4.98 Å². The third kappa shape index (κ3) is 2.20. The monoisotopic (exact) mass is 349 g/mol. The highest BCUT2D eigenvalue weighted by Crippen LogP contribution is 2.50. The molecule has 2 heteroatoms. The summed E-state index contributed by atoms with van der Waals surface area (Å²) in [7, 11) is 0. The number of ketones is 1. The van der Waals surface area contributed by atoms with Crippen molar-refractivity contribution in [1.29, 1.82) is 0 Å². The molecule has 0 aliphatic heterocycles. The van der Waals surface area contributed by atoms with Crippen LogP contribution < -0.4 is 0 Å². The molecule has 3 aromatic carbocycles. The SMILES string of the molecule is Cc1ccc(C(=O)c2nc(C)c3c(c2C)-c2cccc4cccc-3c24)cc1. The number of fused-ring (bicyclic) bond motifs is 3. The van der Waals surface area contributed by atoms with Crippen LogP contribution in [0.3, 0.4) is 0 Å². The summed E-state index contributed by atoms with van der Waals surface area (Å²) in [6.07, 6.45) is 0. The lowest BCUT2D eigenvalue weighted by Crippen LogP contribution is -2.09. The Morgan fingerprint density at radius 3 is 2.07 bits per heavy atom. The minimum absolute atomic E-state index is 0.0125. The first kappa shape index (κ1) is 16.0. The second-order valence-corrected chi connectivity index (χ2v) is 7.33. The molecule has 1 aliphatic rings. The molecule has 4 aromatic rings. The van der Waals surface area contributed by atoms with E-state index in [0.717, 1.165) is 22.4 Å². The van der Waals surface area contributed by atoms with Crippen LogP contribution in [-0.4, -0.2) is 10.8 Å². The van der Waals surface area contributed by atoms with Gasteiger partial charge in [-0.05, 0) is 53.8 Å². The minimum Gasteiger partial charge on any atom is -0.287 e. The molecule has 0 radical (unpaired) electrons. The molecular weight excluding hydrogens is 330 g/mol. The summed E-state index contributed by atoms with van der Waals surface area (Å²) >= 11 is 0. The van der Waals surface area contributed by atoms with Crippen molar-refractivity contribution in [3.8, 4) is 22.3 Å². The number of carbonyl (C=O) groups is 1. The van der Waals surface area contributed by atoms with Crippen LogP contribution in [0.2, 0.25) is 0 Å². The van der Waals surface area contributed by atoms with Gasteiger partial charge in [-0.15, -0.1) is 0 Å².